The number of benzene rings is 3. The summed E-state index contributed by atoms with van der Waals surface area (Å²) in [6, 6.07) is 19.8. The third-order valence-corrected chi connectivity index (χ3v) is 7.73. The van der Waals surface area contributed by atoms with E-state index >= 15 is 0 Å². The zero-order valence-electron chi connectivity index (χ0n) is 22.4. The Labute approximate surface area is 241 Å². The van der Waals surface area contributed by atoms with Gasteiger partial charge in [0.15, 0.2) is 11.5 Å². The van der Waals surface area contributed by atoms with Gasteiger partial charge in [-0.3, -0.25) is 4.79 Å². The lowest BCUT2D eigenvalue weighted by Gasteiger charge is -2.30. The van der Waals surface area contributed by atoms with Gasteiger partial charge in [0.25, 0.3) is 5.91 Å². The van der Waals surface area contributed by atoms with E-state index in [1.807, 2.05) is 61.5 Å². The summed E-state index contributed by atoms with van der Waals surface area (Å²) in [5.41, 5.74) is 3.29. The highest BCUT2D eigenvalue weighted by molar-refractivity contribution is 7.98. The molecule has 0 radical (unpaired) electrons. The molecule has 0 spiro atoms. The molecule has 1 aromatic heterocycles. The van der Waals surface area contributed by atoms with E-state index in [-0.39, 0.29) is 5.91 Å². The Kier molecular flexibility index (Phi) is 8.18. The number of nitrogens with one attached hydrogen (secondary N) is 2. The van der Waals surface area contributed by atoms with Crippen LogP contribution < -0.4 is 24.8 Å². The van der Waals surface area contributed by atoms with Crippen molar-refractivity contribution in [1.29, 1.82) is 0 Å². The Hall–Kier alpha value is -4.15. The summed E-state index contributed by atoms with van der Waals surface area (Å²) in [6.07, 6.45) is 0. The maximum atomic E-state index is 13.9. The highest BCUT2D eigenvalue weighted by Crippen LogP contribution is 2.43. The Bertz CT molecular complexity index is 1590. The lowest BCUT2D eigenvalue weighted by atomic mass is 9.94. The number of aromatic nitrogens is 3. The fourth-order valence-corrected chi connectivity index (χ4v) is 5.71. The van der Waals surface area contributed by atoms with Gasteiger partial charge in [-0.25, -0.2) is 4.68 Å². The van der Waals surface area contributed by atoms with Crippen molar-refractivity contribution in [3.05, 3.63) is 94.1 Å². The highest BCUT2D eigenvalue weighted by atomic mass is 35.5. The molecule has 4 aromatic rings. The molecule has 3 aromatic carbocycles. The Morgan fingerprint density at radius 2 is 1.73 bits per heavy atom. The normalized spacial score (nSPS) is 14.3. The molecule has 206 valence electrons. The molecule has 1 atom stereocenters. The summed E-state index contributed by atoms with van der Waals surface area (Å²) < 4.78 is 18.5. The molecule has 40 heavy (non-hydrogen) atoms. The second-order valence-corrected chi connectivity index (χ2v) is 10.2. The predicted octanol–water partition coefficient (Wildman–Crippen LogP) is 6.18. The van der Waals surface area contributed by atoms with Gasteiger partial charge < -0.3 is 24.8 Å². The van der Waals surface area contributed by atoms with Crippen LogP contribution >= 0.6 is 23.4 Å². The van der Waals surface area contributed by atoms with E-state index in [2.05, 4.69) is 10.6 Å². The van der Waals surface area contributed by atoms with Gasteiger partial charge in [0.2, 0.25) is 11.1 Å². The summed E-state index contributed by atoms with van der Waals surface area (Å²) in [4.78, 5) is 18.7. The van der Waals surface area contributed by atoms with Crippen LogP contribution in [0.5, 0.6) is 17.2 Å². The molecule has 0 unspecified atom stereocenters. The molecule has 0 saturated heterocycles. The Morgan fingerprint density at radius 3 is 2.48 bits per heavy atom. The number of allylic oxidation sites excluding steroid dienone is 1. The number of amides is 1. The molecule has 2 N–H and O–H groups in total. The first kappa shape index (κ1) is 27.4. The minimum atomic E-state index is -0.668. The Balaban J connectivity index is 1.57. The van der Waals surface area contributed by atoms with Crippen LogP contribution in [-0.4, -0.2) is 42.0 Å². The first-order valence-corrected chi connectivity index (χ1v) is 13.8. The zero-order valence-corrected chi connectivity index (χ0v) is 24.0. The summed E-state index contributed by atoms with van der Waals surface area (Å²) in [6.45, 7) is 1.84. The zero-order chi connectivity index (χ0) is 28.2. The number of thioether (sulfide) groups is 1. The lowest BCUT2D eigenvalue weighted by molar-refractivity contribution is -0.113. The fraction of sp³-hybridized carbons (Fsp3) is 0.207. The second-order valence-electron chi connectivity index (χ2n) is 8.85. The van der Waals surface area contributed by atoms with E-state index < -0.39 is 6.04 Å². The maximum Gasteiger partial charge on any atom is 0.255 e. The van der Waals surface area contributed by atoms with Gasteiger partial charge in [0, 0.05) is 22.0 Å². The van der Waals surface area contributed by atoms with Crippen molar-refractivity contribution in [2.24, 2.45) is 0 Å². The maximum absolute atomic E-state index is 13.9. The quantitative estimate of drug-likeness (QED) is 0.228. The van der Waals surface area contributed by atoms with Gasteiger partial charge in [0.1, 0.15) is 11.8 Å². The summed E-state index contributed by atoms with van der Waals surface area (Å²) in [5.74, 6) is 2.35. The van der Waals surface area contributed by atoms with Gasteiger partial charge in [-0.1, -0.05) is 65.8 Å². The second kappa shape index (κ2) is 11.9. The van der Waals surface area contributed by atoms with E-state index in [0.29, 0.717) is 61.6 Å². The van der Waals surface area contributed by atoms with Crippen molar-refractivity contribution in [3.8, 4) is 17.2 Å². The van der Waals surface area contributed by atoms with E-state index in [1.165, 1.54) is 11.8 Å². The Morgan fingerprint density at radius 1 is 1.00 bits per heavy atom. The monoisotopic (exact) mass is 577 g/mol. The van der Waals surface area contributed by atoms with Crippen LogP contribution in [0.1, 0.15) is 24.1 Å². The number of para-hydroxylation sites is 3. The van der Waals surface area contributed by atoms with Crippen LogP contribution in [0.3, 0.4) is 0 Å². The summed E-state index contributed by atoms with van der Waals surface area (Å²) >= 11 is 7.82. The average molecular weight is 578 g/mol. The first-order chi connectivity index (χ1) is 19.4. The number of anilines is 2. The van der Waals surface area contributed by atoms with Gasteiger partial charge >= 0.3 is 0 Å². The van der Waals surface area contributed by atoms with Gasteiger partial charge in [-0.15, -0.1) is 5.10 Å². The number of fused-ring (bicyclic) bond motifs is 1. The van der Waals surface area contributed by atoms with Crippen LogP contribution in [0.25, 0.3) is 0 Å². The van der Waals surface area contributed by atoms with Crippen LogP contribution in [0.4, 0.5) is 11.6 Å². The number of nitrogens with zero attached hydrogens (tertiary/aromatic N) is 3. The number of carbonyl (C=O) groups excluding carboxylic acids is 1. The van der Waals surface area contributed by atoms with Crippen molar-refractivity contribution < 1.29 is 19.0 Å². The number of hydrogen-bond acceptors (Lipinski definition) is 8. The lowest BCUT2D eigenvalue weighted by Crippen LogP contribution is -2.32. The summed E-state index contributed by atoms with van der Waals surface area (Å²) in [7, 11) is 4.70. The van der Waals surface area contributed by atoms with E-state index in [4.69, 9.17) is 35.9 Å². The van der Waals surface area contributed by atoms with Crippen molar-refractivity contribution in [3.63, 3.8) is 0 Å². The molecule has 0 fully saturated rings. The van der Waals surface area contributed by atoms with Crippen LogP contribution in [0.2, 0.25) is 5.02 Å². The average Bonchev–Trinajstić information content (AvgIpc) is 3.38. The summed E-state index contributed by atoms with van der Waals surface area (Å²) in [5, 5.41) is 12.3. The van der Waals surface area contributed by atoms with E-state index in [9.17, 15) is 4.79 Å². The first-order valence-electron chi connectivity index (χ1n) is 12.4. The SMILES string of the molecule is COc1ccccc1NC(=O)C1=C(C)Nc2nc(SCc3ccccc3Cl)nn2[C@H]1c1cccc(OC)c1OC. The van der Waals surface area contributed by atoms with Crippen LogP contribution in [0, 0.1) is 0 Å². The van der Waals surface area contributed by atoms with Gasteiger partial charge in [0.05, 0.1) is 32.6 Å². The minimum Gasteiger partial charge on any atom is -0.495 e. The standard InChI is InChI=1S/C29H28ClN5O4S/c1-17-24(27(36)32-21-13-7-8-14-22(21)37-2)25(19-11-9-15-23(38-3)26(19)39-4)35-28(31-17)33-29(34-35)40-16-18-10-5-6-12-20(18)30/h5-15,25H,16H2,1-4H3,(H,32,36)(H,31,33,34)/t25-/m0/s1. The van der Waals surface area contributed by atoms with Crippen molar-refractivity contribution >= 4 is 40.9 Å². The largest absolute Gasteiger partial charge is 0.495 e. The molecule has 5 rings (SSSR count). The van der Waals surface area contributed by atoms with Crippen molar-refractivity contribution in [2.45, 2.75) is 23.9 Å². The van der Waals surface area contributed by atoms with Gasteiger partial charge in [-0.2, -0.15) is 4.98 Å². The number of rotatable bonds is 9. The minimum absolute atomic E-state index is 0.323. The third-order valence-electron chi connectivity index (χ3n) is 6.48. The highest BCUT2D eigenvalue weighted by Gasteiger charge is 2.37. The number of halogens is 1. The number of methoxy groups -OCH3 is 3. The topological polar surface area (TPSA) is 99.5 Å². The smallest absolute Gasteiger partial charge is 0.255 e. The van der Waals surface area contributed by atoms with Crippen LogP contribution in [-0.2, 0) is 10.5 Å². The molecule has 1 aliphatic heterocycles. The van der Waals surface area contributed by atoms with Crippen LogP contribution in [0.15, 0.2) is 83.2 Å². The molecule has 1 aliphatic rings. The number of ether oxygens (including phenoxy) is 3. The number of hydrogen-bond donors (Lipinski definition) is 2. The fourth-order valence-electron chi connectivity index (χ4n) is 4.60. The predicted molar refractivity (Wildman–Crippen MR) is 157 cm³/mol. The molecule has 9 nitrogen and oxygen atoms in total. The van der Waals surface area contributed by atoms with E-state index in [1.54, 1.807) is 38.1 Å². The molecule has 11 heteroatoms. The molecule has 0 saturated carbocycles. The molecular weight excluding hydrogens is 550 g/mol. The third kappa shape index (κ3) is 5.32. The molecule has 1 amide bonds. The molecule has 0 aliphatic carbocycles. The van der Waals surface area contributed by atoms with Crippen molar-refractivity contribution in [2.75, 3.05) is 32.0 Å². The number of carbonyl (C=O) groups is 1. The molecule has 2 heterocycles. The van der Waals surface area contributed by atoms with E-state index in [0.717, 1.165) is 5.56 Å². The van der Waals surface area contributed by atoms with Crippen molar-refractivity contribution in [1.82, 2.24) is 14.8 Å². The molecule has 0 bridgehead atoms. The van der Waals surface area contributed by atoms with Gasteiger partial charge in [-0.05, 0) is 36.8 Å². The molecular formula is C29H28ClN5O4S.